The van der Waals surface area contributed by atoms with Crippen molar-refractivity contribution in [1.29, 1.82) is 5.26 Å². The fraction of sp³-hybridized carbons (Fsp3) is 0.303. The van der Waals surface area contributed by atoms with Gasteiger partial charge in [0.25, 0.3) is 0 Å². The van der Waals surface area contributed by atoms with E-state index in [1.54, 1.807) is 24.5 Å². The Kier molecular flexibility index (Phi) is 8.70. The highest BCUT2D eigenvalue weighted by Crippen LogP contribution is 2.24. The predicted octanol–water partition coefficient (Wildman–Crippen LogP) is 5.06. The van der Waals surface area contributed by atoms with Gasteiger partial charge in [0, 0.05) is 31.9 Å². The van der Waals surface area contributed by atoms with Crippen molar-refractivity contribution < 1.29 is 19.0 Å². The second-order valence-corrected chi connectivity index (χ2v) is 11.0. The van der Waals surface area contributed by atoms with Crippen molar-refractivity contribution >= 4 is 22.8 Å². The first kappa shape index (κ1) is 29.8. The number of ether oxygens (including phenoxy) is 1. The largest absolute Gasteiger partial charge is 0.484 e. The molecule has 0 spiro atoms. The van der Waals surface area contributed by atoms with Crippen LogP contribution in [0, 0.1) is 17.1 Å². The van der Waals surface area contributed by atoms with Crippen molar-refractivity contribution in [2.24, 2.45) is 0 Å². The van der Waals surface area contributed by atoms with Crippen LogP contribution in [0.2, 0.25) is 0 Å². The van der Waals surface area contributed by atoms with Crippen molar-refractivity contribution in [2.75, 3.05) is 18.4 Å². The number of rotatable bonds is 11. The number of aromatic nitrogens is 5. The molecule has 0 saturated carbocycles. The lowest BCUT2D eigenvalue weighted by molar-refractivity contribution is 0.0697. The molecule has 0 atom stereocenters. The normalized spacial score (nSPS) is 14.0. The Morgan fingerprint density at radius 3 is 2.73 bits per heavy atom. The first-order chi connectivity index (χ1) is 21.9. The van der Waals surface area contributed by atoms with Gasteiger partial charge < -0.3 is 24.3 Å². The summed E-state index contributed by atoms with van der Waals surface area (Å²) >= 11 is 0. The van der Waals surface area contributed by atoms with Crippen LogP contribution in [-0.4, -0.2) is 59.2 Å². The average molecular weight is 609 g/mol. The molecule has 0 amide bonds. The highest BCUT2D eigenvalue weighted by Gasteiger charge is 2.23. The Morgan fingerprint density at radius 2 is 1.98 bits per heavy atom. The Bertz CT molecular complexity index is 1870. The zero-order chi connectivity index (χ0) is 31.3. The smallest absolute Gasteiger partial charge is 0.335 e. The average Bonchev–Trinajstić information content (AvgIpc) is 3.65. The topological polar surface area (TPSA) is 134 Å². The summed E-state index contributed by atoms with van der Waals surface area (Å²) in [7, 11) is 0. The van der Waals surface area contributed by atoms with E-state index in [4.69, 9.17) is 15.0 Å². The van der Waals surface area contributed by atoms with E-state index >= 15 is 0 Å². The number of likely N-dealkylation sites (tertiary alicyclic amines) is 1. The molecule has 1 fully saturated rings. The monoisotopic (exact) mass is 608 g/mol. The second-order valence-electron chi connectivity index (χ2n) is 11.0. The predicted molar refractivity (Wildman–Crippen MR) is 165 cm³/mol. The number of hydrogen-bond donors (Lipinski definition) is 2. The SMILES string of the molecule is CCn1cncc1Cn1c(CN2CCC(Nc3cccc(COc4ccc(C#N)cc4F)n3)CC2)nc2ccc(C(=O)O)cc21. The lowest BCUT2D eigenvalue weighted by atomic mass is 10.0. The molecule has 0 unspecified atom stereocenters. The maximum Gasteiger partial charge on any atom is 0.335 e. The van der Waals surface area contributed by atoms with Gasteiger partial charge in [0.15, 0.2) is 11.6 Å². The molecule has 1 aliphatic heterocycles. The Morgan fingerprint density at radius 1 is 1.13 bits per heavy atom. The van der Waals surface area contributed by atoms with E-state index in [9.17, 15) is 14.3 Å². The maximum absolute atomic E-state index is 14.2. The number of hydrogen-bond acceptors (Lipinski definition) is 8. The Labute approximate surface area is 259 Å². The highest BCUT2D eigenvalue weighted by atomic mass is 19.1. The summed E-state index contributed by atoms with van der Waals surface area (Å²) < 4.78 is 24.0. The number of carbonyl (C=O) groups is 1. The van der Waals surface area contributed by atoms with Crippen LogP contribution >= 0.6 is 0 Å². The van der Waals surface area contributed by atoms with Crippen molar-refractivity contribution in [3.63, 3.8) is 0 Å². The molecule has 3 aromatic heterocycles. The molecule has 2 N–H and O–H groups in total. The molecule has 0 bridgehead atoms. The summed E-state index contributed by atoms with van der Waals surface area (Å²) in [6.07, 6.45) is 5.47. The van der Waals surface area contributed by atoms with Crippen LogP contribution < -0.4 is 10.1 Å². The van der Waals surface area contributed by atoms with Crippen LogP contribution in [0.25, 0.3) is 11.0 Å². The van der Waals surface area contributed by atoms with Gasteiger partial charge in [0.1, 0.15) is 18.2 Å². The number of aryl methyl sites for hydroxylation is 1. The van der Waals surface area contributed by atoms with Crippen molar-refractivity contribution in [2.45, 2.75) is 52.0 Å². The number of nitrogens with zero attached hydrogens (tertiary/aromatic N) is 7. The minimum Gasteiger partial charge on any atom is -0.484 e. The first-order valence-corrected chi connectivity index (χ1v) is 14.9. The van der Waals surface area contributed by atoms with E-state index in [0.717, 1.165) is 66.9 Å². The number of piperidine rings is 1. The zero-order valence-corrected chi connectivity index (χ0v) is 24.9. The van der Waals surface area contributed by atoms with Gasteiger partial charge in [0.2, 0.25) is 0 Å². The van der Waals surface area contributed by atoms with E-state index in [1.807, 2.05) is 30.5 Å². The van der Waals surface area contributed by atoms with E-state index in [0.29, 0.717) is 18.8 Å². The lowest BCUT2D eigenvalue weighted by Gasteiger charge is -2.32. The van der Waals surface area contributed by atoms with Crippen LogP contribution in [0.5, 0.6) is 5.75 Å². The van der Waals surface area contributed by atoms with Gasteiger partial charge in [-0.2, -0.15) is 5.26 Å². The molecular formula is C33H33FN8O3. The Hall–Kier alpha value is -5.28. The number of nitrogens with one attached hydrogen (secondary N) is 1. The molecule has 11 nitrogen and oxygen atoms in total. The van der Waals surface area contributed by atoms with E-state index in [1.165, 1.54) is 12.1 Å². The fourth-order valence-corrected chi connectivity index (χ4v) is 5.65. The molecule has 1 aliphatic rings. The summed E-state index contributed by atoms with van der Waals surface area (Å²) in [4.78, 5) is 28.0. The molecule has 4 heterocycles. The molecular weight excluding hydrogens is 575 g/mol. The minimum atomic E-state index is -0.966. The summed E-state index contributed by atoms with van der Waals surface area (Å²) in [5.41, 5.74) is 3.73. The summed E-state index contributed by atoms with van der Waals surface area (Å²) in [6, 6.07) is 17.0. The van der Waals surface area contributed by atoms with Crippen LogP contribution in [0.4, 0.5) is 10.2 Å². The molecule has 5 aromatic rings. The number of anilines is 1. The van der Waals surface area contributed by atoms with Gasteiger partial charge in [0.05, 0.1) is 59.0 Å². The number of carboxylic acids is 1. The van der Waals surface area contributed by atoms with E-state index < -0.39 is 11.8 Å². The standard InChI is InChI=1S/C33H33FN8O3/c1-2-41-21-36-17-26(41)18-42-29-15-23(33(43)44)7-8-28(29)39-32(42)19-40-12-10-24(11-13-40)37-31-5-3-4-25(38-31)20-45-30-9-6-22(16-35)14-27(30)34/h3-9,14-15,17,21,24H,2,10-13,18-20H2,1H3,(H,37,38)(H,43,44). The fourth-order valence-electron chi connectivity index (χ4n) is 5.65. The number of halogens is 1. The van der Waals surface area contributed by atoms with Gasteiger partial charge in [-0.15, -0.1) is 0 Å². The number of nitriles is 1. The molecule has 6 rings (SSSR count). The quantitative estimate of drug-likeness (QED) is 0.211. The first-order valence-electron chi connectivity index (χ1n) is 14.9. The van der Waals surface area contributed by atoms with Crippen LogP contribution in [-0.2, 0) is 26.2 Å². The van der Waals surface area contributed by atoms with Crippen molar-refractivity contribution in [1.82, 2.24) is 29.0 Å². The molecule has 0 aliphatic carbocycles. The van der Waals surface area contributed by atoms with Crippen LogP contribution in [0.15, 0.2) is 67.1 Å². The highest BCUT2D eigenvalue weighted by molar-refractivity contribution is 5.92. The lowest BCUT2D eigenvalue weighted by Crippen LogP contribution is -2.39. The van der Waals surface area contributed by atoms with Gasteiger partial charge >= 0.3 is 5.97 Å². The zero-order valence-electron chi connectivity index (χ0n) is 24.9. The number of benzene rings is 2. The van der Waals surface area contributed by atoms with Crippen LogP contribution in [0.1, 0.15) is 52.9 Å². The van der Waals surface area contributed by atoms with Gasteiger partial charge in [-0.3, -0.25) is 4.90 Å². The van der Waals surface area contributed by atoms with Crippen molar-refractivity contribution in [3.8, 4) is 11.8 Å². The van der Waals surface area contributed by atoms with Gasteiger partial charge in [-0.1, -0.05) is 6.07 Å². The van der Waals surface area contributed by atoms with Gasteiger partial charge in [-0.05, 0) is 68.3 Å². The van der Waals surface area contributed by atoms with E-state index in [-0.39, 0.29) is 29.5 Å². The minimum absolute atomic E-state index is 0.0772. The number of pyridine rings is 1. The number of carboxylic acid groups (broad SMARTS) is 1. The van der Waals surface area contributed by atoms with Gasteiger partial charge in [-0.25, -0.2) is 24.1 Å². The summed E-state index contributed by atoms with van der Waals surface area (Å²) in [6.45, 7) is 5.86. The third-order valence-corrected chi connectivity index (χ3v) is 8.08. The molecule has 45 heavy (non-hydrogen) atoms. The maximum atomic E-state index is 14.2. The molecule has 12 heteroatoms. The molecule has 230 valence electrons. The van der Waals surface area contributed by atoms with Crippen LogP contribution in [0.3, 0.4) is 0 Å². The number of imidazole rings is 2. The van der Waals surface area contributed by atoms with Crippen molar-refractivity contribution in [3.05, 3.63) is 101 Å². The Balaban J connectivity index is 1.09. The van der Waals surface area contributed by atoms with E-state index in [2.05, 4.69) is 36.2 Å². The molecule has 0 radical (unpaired) electrons. The molecule has 2 aromatic carbocycles. The number of fused-ring (bicyclic) bond motifs is 1. The third kappa shape index (κ3) is 6.78. The third-order valence-electron chi connectivity index (χ3n) is 8.08. The summed E-state index contributed by atoms with van der Waals surface area (Å²) in [5.74, 6) is 0.151. The second kappa shape index (κ2) is 13.2. The molecule has 1 saturated heterocycles. The number of aromatic carboxylic acids is 1. The summed E-state index contributed by atoms with van der Waals surface area (Å²) in [5, 5.41) is 22.1.